The van der Waals surface area contributed by atoms with E-state index in [-0.39, 0.29) is 0 Å². The second-order valence-electron chi connectivity index (χ2n) is 5.05. The van der Waals surface area contributed by atoms with Crippen LogP contribution in [-0.4, -0.2) is 19.8 Å². The van der Waals surface area contributed by atoms with Crippen molar-refractivity contribution < 1.29 is 4.74 Å². The van der Waals surface area contributed by atoms with Crippen molar-refractivity contribution >= 4 is 31.9 Å². The summed E-state index contributed by atoms with van der Waals surface area (Å²) >= 11 is 7.23. The van der Waals surface area contributed by atoms with Crippen molar-refractivity contribution in [2.45, 2.75) is 32.2 Å². The minimum atomic E-state index is 0.423. The van der Waals surface area contributed by atoms with Gasteiger partial charge in [-0.05, 0) is 49.4 Å². The molecule has 0 bridgehead atoms. The molecule has 1 aromatic carbocycles. The fourth-order valence-corrected chi connectivity index (χ4v) is 3.93. The third kappa shape index (κ3) is 4.28. The number of halogens is 2. The van der Waals surface area contributed by atoms with Gasteiger partial charge in [-0.25, -0.2) is 0 Å². The normalized spacial score (nSPS) is 18.5. The summed E-state index contributed by atoms with van der Waals surface area (Å²) in [5.41, 5.74) is 1.36. The molecule has 1 aliphatic heterocycles. The lowest BCUT2D eigenvalue weighted by molar-refractivity contribution is 0.0535. The summed E-state index contributed by atoms with van der Waals surface area (Å²) in [6.45, 7) is 5.06. The van der Waals surface area contributed by atoms with Crippen molar-refractivity contribution in [3.05, 3.63) is 32.7 Å². The highest BCUT2D eigenvalue weighted by Crippen LogP contribution is 2.35. The maximum atomic E-state index is 5.49. The van der Waals surface area contributed by atoms with Gasteiger partial charge in [-0.1, -0.05) is 44.8 Å². The molecule has 1 atom stereocenters. The summed E-state index contributed by atoms with van der Waals surface area (Å²) in [6.07, 6.45) is 3.45. The summed E-state index contributed by atoms with van der Waals surface area (Å²) in [6, 6.07) is 6.90. The molecule has 0 spiro atoms. The van der Waals surface area contributed by atoms with E-state index in [0.717, 1.165) is 43.5 Å². The number of ether oxygens (including phenoxy) is 1. The third-order valence-electron chi connectivity index (χ3n) is 3.65. The zero-order chi connectivity index (χ0) is 13.7. The molecular formula is C15H21Br2NO. The monoisotopic (exact) mass is 389 g/mol. The molecule has 1 N–H and O–H groups in total. The van der Waals surface area contributed by atoms with Crippen LogP contribution in [0.5, 0.6) is 0 Å². The van der Waals surface area contributed by atoms with Gasteiger partial charge in [-0.15, -0.1) is 0 Å². The predicted molar refractivity (Wildman–Crippen MR) is 86.4 cm³/mol. The van der Waals surface area contributed by atoms with Crippen molar-refractivity contribution in [1.29, 1.82) is 0 Å². The van der Waals surface area contributed by atoms with Crippen LogP contribution in [0, 0.1) is 5.92 Å². The minimum absolute atomic E-state index is 0.423. The van der Waals surface area contributed by atoms with Crippen molar-refractivity contribution in [2.75, 3.05) is 19.8 Å². The van der Waals surface area contributed by atoms with E-state index >= 15 is 0 Å². The highest BCUT2D eigenvalue weighted by Gasteiger charge is 2.26. The van der Waals surface area contributed by atoms with Crippen molar-refractivity contribution in [2.24, 2.45) is 5.92 Å². The van der Waals surface area contributed by atoms with Gasteiger partial charge in [0, 0.05) is 28.2 Å². The first-order valence-corrected chi connectivity index (χ1v) is 8.57. The summed E-state index contributed by atoms with van der Waals surface area (Å²) in [7, 11) is 0. The lowest BCUT2D eigenvalue weighted by atomic mass is 9.87. The van der Waals surface area contributed by atoms with Crippen LogP contribution < -0.4 is 5.32 Å². The Hall–Kier alpha value is 0.1000. The molecule has 1 fully saturated rings. The number of rotatable bonds is 5. The molecule has 0 radical (unpaired) electrons. The Kier molecular flexibility index (Phi) is 6.33. The Labute approximate surface area is 132 Å². The summed E-state index contributed by atoms with van der Waals surface area (Å²) < 4.78 is 7.79. The zero-order valence-electron chi connectivity index (χ0n) is 11.3. The quantitative estimate of drug-likeness (QED) is 0.787. The number of nitrogens with one attached hydrogen (secondary N) is 1. The first kappa shape index (κ1) is 15.5. The molecule has 0 aliphatic carbocycles. The molecule has 1 unspecified atom stereocenters. The molecule has 2 rings (SSSR count). The van der Waals surface area contributed by atoms with Crippen molar-refractivity contribution in [3.8, 4) is 0 Å². The maximum Gasteiger partial charge on any atom is 0.0469 e. The van der Waals surface area contributed by atoms with Crippen LogP contribution >= 0.6 is 31.9 Å². The van der Waals surface area contributed by atoms with Gasteiger partial charge < -0.3 is 10.1 Å². The maximum absolute atomic E-state index is 5.49. The minimum Gasteiger partial charge on any atom is -0.381 e. The lowest BCUT2D eigenvalue weighted by Gasteiger charge is -2.32. The molecule has 106 valence electrons. The standard InChI is InChI=1S/C15H21Br2NO/c1-2-7-18-15(11-5-8-19-9-6-11)13-4-3-12(16)10-14(13)17/h3-4,10-11,15,18H,2,5-9H2,1H3. The molecule has 1 saturated heterocycles. The fourth-order valence-electron chi connectivity index (χ4n) is 2.63. The smallest absolute Gasteiger partial charge is 0.0469 e. The van der Waals surface area contributed by atoms with E-state index in [4.69, 9.17) is 4.74 Å². The second-order valence-corrected chi connectivity index (χ2v) is 6.82. The van der Waals surface area contributed by atoms with Crippen LogP contribution in [0.4, 0.5) is 0 Å². The van der Waals surface area contributed by atoms with E-state index in [1.807, 2.05) is 0 Å². The Balaban J connectivity index is 2.19. The molecule has 0 saturated carbocycles. The van der Waals surface area contributed by atoms with Crippen LogP contribution in [-0.2, 0) is 4.74 Å². The second kappa shape index (κ2) is 7.77. The van der Waals surface area contributed by atoms with Gasteiger partial charge in [0.05, 0.1) is 0 Å². The largest absolute Gasteiger partial charge is 0.381 e. The molecule has 19 heavy (non-hydrogen) atoms. The van der Waals surface area contributed by atoms with Gasteiger partial charge in [-0.2, -0.15) is 0 Å². The van der Waals surface area contributed by atoms with E-state index in [2.05, 4.69) is 62.3 Å². The third-order valence-corrected chi connectivity index (χ3v) is 4.83. The Morgan fingerprint density at radius 2 is 2.05 bits per heavy atom. The zero-order valence-corrected chi connectivity index (χ0v) is 14.5. The van der Waals surface area contributed by atoms with Gasteiger partial charge in [0.1, 0.15) is 0 Å². The molecule has 4 heteroatoms. The summed E-state index contributed by atoms with van der Waals surface area (Å²) in [5.74, 6) is 0.665. The van der Waals surface area contributed by atoms with E-state index in [9.17, 15) is 0 Å². The van der Waals surface area contributed by atoms with Crippen LogP contribution in [0.2, 0.25) is 0 Å². The number of hydrogen-bond donors (Lipinski definition) is 1. The first-order chi connectivity index (χ1) is 9.22. The van der Waals surface area contributed by atoms with Gasteiger partial charge >= 0.3 is 0 Å². The van der Waals surface area contributed by atoms with Crippen LogP contribution in [0.15, 0.2) is 27.1 Å². The molecule has 0 amide bonds. The Morgan fingerprint density at radius 3 is 2.68 bits per heavy atom. The van der Waals surface area contributed by atoms with E-state index in [1.165, 1.54) is 10.0 Å². The molecule has 1 heterocycles. The van der Waals surface area contributed by atoms with Crippen molar-refractivity contribution in [1.82, 2.24) is 5.32 Å². The SMILES string of the molecule is CCCNC(c1ccc(Br)cc1Br)C1CCOCC1. The van der Waals surface area contributed by atoms with Crippen LogP contribution in [0.3, 0.4) is 0 Å². The van der Waals surface area contributed by atoms with Gasteiger partial charge in [0.25, 0.3) is 0 Å². The molecule has 2 nitrogen and oxygen atoms in total. The van der Waals surface area contributed by atoms with E-state index < -0.39 is 0 Å². The van der Waals surface area contributed by atoms with Gasteiger partial charge in [-0.3, -0.25) is 0 Å². The molecule has 1 aromatic rings. The number of benzene rings is 1. The van der Waals surface area contributed by atoms with Gasteiger partial charge in [0.2, 0.25) is 0 Å². The highest BCUT2D eigenvalue weighted by atomic mass is 79.9. The Morgan fingerprint density at radius 1 is 1.32 bits per heavy atom. The molecule has 1 aliphatic rings. The summed E-state index contributed by atoms with van der Waals surface area (Å²) in [5, 5.41) is 3.71. The summed E-state index contributed by atoms with van der Waals surface area (Å²) in [4.78, 5) is 0. The van der Waals surface area contributed by atoms with Crippen LogP contribution in [0.1, 0.15) is 37.8 Å². The Bertz CT molecular complexity index is 405. The lowest BCUT2D eigenvalue weighted by Crippen LogP contribution is -2.32. The average molecular weight is 391 g/mol. The molecule has 0 aromatic heterocycles. The topological polar surface area (TPSA) is 21.3 Å². The molecular weight excluding hydrogens is 370 g/mol. The average Bonchev–Trinajstić information content (AvgIpc) is 2.42. The van der Waals surface area contributed by atoms with E-state index in [1.54, 1.807) is 0 Å². The highest BCUT2D eigenvalue weighted by molar-refractivity contribution is 9.11. The predicted octanol–water partition coefficient (Wildman–Crippen LogP) is 4.68. The number of hydrogen-bond acceptors (Lipinski definition) is 2. The fraction of sp³-hybridized carbons (Fsp3) is 0.600. The first-order valence-electron chi connectivity index (χ1n) is 6.98. The van der Waals surface area contributed by atoms with Crippen molar-refractivity contribution in [3.63, 3.8) is 0 Å². The van der Waals surface area contributed by atoms with Crippen LogP contribution in [0.25, 0.3) is 0 Å². The van der Waals surface area contributed by atoms with E-state index in [0.29, 0.717) is 12.0 Å². The van der Waals surface area contributed by atoms with Gasteiger partial charge in [0.15, 0.2) is 0 Å².